The highest BCUT2D eigenvalue weighted by atomic mass is 16.4. The van der Waals surface area contributed by atoms with E-state index in [0.717, 1.165) is 25.2 Å². The lowest BCUT2D eigenvalue weighted by atomic mass is 9.98. The number of carboxylic acids is 1. The first kappa shape index (κ1) is 21.5. The molecule has 132 valence electrons. The molecule has 0 spiro atoms. The molecule has 0 saturated heterocycles. The van der Waals surface area contributed by atoms with E-state index >= 15 is 0 Å². The number of carbonyl (C=O) groups is 1. The van der Waals surface area contributed by atoms with E-state index in [1.54, 1.807) is 0 Å². The second kappa shape index (κ2) is 15.4. The summed E-state index contributed by atoms with van der Waals surface area (Å²) in [4.78, 5) is 10.9. The van der Waals surface area contributed by atoms with Gasteiger partial charge in [0.25, 0.3) is 0 Å². The average Bonchev–Trinajstić information content (AvgIpc) is 2.47. The zero-order valence-corrected chi connectivity index (χ0v) is 15.4. The van der Waals surface area contributed by atoms with Crippen LogP contribution in [-0.4, -0.2) is 11.1 Å². The van der Waals surface area contributed by atoms with Crippen molar-refractivity contribution in [2.24, 2.45) is 11.8 Å². The van der Waals surface area contributed by atoms with Crippen LogP contribution in [0.5, 0.6) is 0 Å². The highest BCUT2D eigenvalue weighted by Crippen LogP contribution is 2.16. The number of unbranched alkanes of at least 4 members (excludes halogenated alkanes) is 10. The van der Waals surface area contributed by atoms with E-state index in [1.807, 2.05) is 6.92 Å². The van der Waals surface area contributed by atoms with Crippen molar-refractivity contribution in [2.75, 3.05) is 0 Å². The Hall–Kier alpha value is -0.530. The molecule has 0 aliphatic carbocycles. The molecule has 0 aliphatic heterocycles. The summed E-state index contributed by atoms with van der Waals surface area (Å²) in [5, 5.41) is 8.98. The predicted octanol–water partition coefficient (Wildman–Crippen LogP) is 6.82. The van der Waals surface area contributed by atoms with Gasteiger partial charge in [0.1, 0.15) is 0 Å². The van der Waals surface area contributed by atoms with Gasteiger partial charge in [-0.2, -0.15) is 0 Å². The number of aliphatic carboxylic acids is 1. The Labute approximate surface area is 139 Å². The van der Waals surface area contributed by atoms with Crippen molar-refractivity contribution in [3.8, 4) is 0 Å². The molecule has 0 bridgehead atoms. The molecule has 0 saturated carbocycles. The molecule has 0 fully saturated rings. The van der Waals surface area contributed by atoms with E-state index < -0.39 is 5.97 Å². The molecule has 0 radical (unpaired) electrons. The molecule has 1 N–H and O–H groups in total. The number of carboxylic acid groups (broad SMARTS) is 1. The minimum absolute atomic E-state index is 0.115. The SMILES string of the molecule is CCC(CCCCCCCCCCCCCC(C)C)C(=O)O. The maximum absolute atomic E-state index is 10.9. The van der Waals surface area contributed by atoms with Crippen molar-refractivity contribution in [3.63, 3.8) is 0 Å². The van der Waals surface area contributed by atoms with E-state index in [1.165, 1.54) is 70.6 Å². The summed E-state index contributed by atoms with van der Waals surface area (Å²) in [5.74, 6) is 0.134. The fraction of sp³-hybridized carbons (Fsp3) is 0.950. The van der Waals surface area contributed by atoms with Crippen LogP contribution < -0.4 is 0 Å². The number of hydrogen-bond acceptors (Lipinski definition) is 1. The highest BCUT2D eigenvalue weighted by Gasteiger charge is 2.13. The second-order valence-corrected chi connectivity index (χ2v) is 7.30. The predicted molar refractivity (Wildman–Crippen MR) is 96.3 cm³/mol. The minimum atomic E-state index is -0.615. The fourth-order valence-corrected chi connectivity index (χ4v) is 3.04. The van der Waals surface area contributed by atoms with Gasteiger partial charge in [-0.25, -0.2) is 0 Å². The van der Waals surface area contributed by atoms with Gasteiger partial charge in [0, 0.05) is 0 Å². The Bertz CT molecular complexity index is 248. The first-order chi connectivity index (χ1) is 10.6. The van der Waals surface area contributed by atoms with Crippen molar-refractivity contribution in [1.82, 2.24) is 0 Å². The molecule has 2 heteroatoms. The lowest BCUT2D eigenvalue weighted by Gasteiger charge is -2.08. The number of rotatable bonds is 16. The molecule has 0 rings (SSSR count). The van der Waals surface area contributed by atoms with Crippen LogP contribution in [0.4, 0.5) is 0 Å². The average molecular weight is 313 g/mol. The lowest BCUT2D eigenvalue weighted by Crippen LogP contribution is -2.12. The molecule has 22 heavy (non-hydrogen) atoms. The Balaban J connectivity index is 3.16. The summed E-state index contributed by atoms with van der Waals surface area (Å²) in [6.45, 7) is 6.59. The largest absolute Gasteiger partial charge is 0.481 e. The second-order valence-electron chi connectivity index (χ2n) is 7.30. The summed E-state index contributed by atoms with van der Waals surface area (Å²) < 4.78 is 0. The Kier molecular flexibility index (Phi) is 15.0. The van der Waals surface area contributed by atoms with Gasteiger partial charge in [0.15, 0.2) is 0 Å². The van der Waals surface area contributed by atoms with Crippen molar-refractivity contribution in [1.29, 1.82) is 0 Å². The zero-order chi connectivity index (χ0) is 16.6. The van der Waals surface area contributed by atoms with Gasteiger partial charge in [0.05, 0.1) is 5.92 Å². The van der Waals surface area contributed by atoms with Crippen LogP contribution in [0.3, 0.4) is 0 Å². The molecule has 0 aromatic rings. The summed E-state index contributed by atoms with van der Waals surface area (Å²) in [7, 11) is 0. The molecule has 1 unspecified atom stereocenters. The third-order valence-electron chi connectivity index (χ3n) is 4.68. The normalized spacial score (nSPS) is 12.7. The highest BCUT2D eigenvalue weighted by molar-refractivity contribution is 5.69. The quantitative estimate of drug-likeness (QED) is 0.317. The van der Waals surface area contributed by atoms with E-state index in [2.05, 4.69) is 13.8 Å². The van der Waals surface area contributed by atoms with Gasteiger partial charge in [-0.3, -0.25) is 4.79 Å². The summed E-state index contributed by atoms with van der Waals surface area (Å²) in [6.07, 6.45) is 17.7. The maximum atomic E-state index is 10.9. The minimum Gasteiger partial charge on any atom is -0.481 e. The molecule has 2 nitrogen and oxygen atoms in total. The van der Waals surface area contributed by atoms with Crippen LogP contribution in [-0.2, 0) is 4.79 Å². The first-order valence-corrected chi connectivity index (χ1v) is 9.80. The standard InChI is InChI=1S/C20H40O2/c1-4-19(20(21)22)17-15-13-11-9-7-5-6-8-10-12-14-16-18(2)3/h18-19H,4-17H2,1-3H3,(H,21,22). The summed E-state index contributed by atoms with van der Waals surface area (Å²) >= 11 is 0. The van der Waals surface area contributed by atoms with Crippen LogP contribution >= 0.6 is 0 Å². The van der Waals surface area contributed by atoms with Gasteiger partial charge in [-0.1, -0.05) is 97.8 Å². The van der Waals surface area contributed by atoms with Crippen molar-refractivity contribution in [3.05, 3.63) is 0 Å². The fourth-order valence-electron chi connectivity index (χ4n) is 3.04. The molecule has 0 amide bonds. The van der Waals surface area contributed by atoms with E-state index in [0.29, 0.717) is 0 Å². The monoisotopic (exact) mass is 312 g/mol. The van der Waals surface area contributed by atoms with Crippen LogP contribution in [0.25, 0.3) is 0 Å². The van der Waals surface area contributed by atoms with E-state index in [4.69, 9.17) is 5.11 Å². The zero-order valence-electron chi connectivity index (χ0n) is 15.4. The molecule has 0 aromatic carbocycles. The summed E-state index contributed by atoms with van der Waals surface area (Å²) in [6, 6.07) is 0. The molecular weight excluding hydrogens is 272 g/mol. The number of hydrogen-bond donors (Lipinski definition) is 1. The van der Waals surface area contributed by atoms with Crippen LogP contribution in [0.1, 0.15) is 111 Å². The molecule has 0 aromatic heterocycles. The van der Waals surface area contributed by atoms with Gasteiger partial charge < -0.3 is 5.11 Å². The van der Waals surface area contributed by atoms with Crippen LogP contribution in [0.15, 0.2) is 0 Å². The van der Waals surface area contributed by atoms with Gasteiger partial charge in [-0.05, 0) is 18.8 Å². The third kappa shape index (κ3) is 14.4. The molecule has 0 heterocycles. The molecule has 1 atom stereocenters. The van der Waals surface area contributed by atoms with Crippen molar-refractivity contribution in [2.45, 2.75) is 111 Å². The van der Waals surface area contributed by atoms with E-state index in [9.17, 15) is 4.79 Å². The molecular formula is C20H40O2. The third-order valence-corrected chi connectivity index (χ3v) is 4.68. The Morgan fingerprint density at radius 3 is 1.41 bits per heavy atom. The maximum Gasteiger partial charge on any atom is 0.306 e. The molecule has 0 aliphatic rings. The Morgan fingerprint density at radius 1 is 0.727 bits per heavy atom. The van der Waals surface area contributed by atoms with Gasteiger partial charge >= 0.3 is 5.97 Å². The first-order valence-electron chi connectivity index (χ1n) is 9.80. The lowest BCUT2D eigenvalue weighted by molar-refractivity contribution is -0.142. The smallest absolute Gasteiger partial charge is 0.306 e. The Morgan fingerprint density at radius 2 is 1.09 bits per heavy atom. The van der Waals surface area contributed by atoms with E-state index in [-0.39, 0.29) is 5.92 Å². The van der Waals surface area contributed by atoms with Crippen molar-refractivity contribution < 1.29 is 9.90 Å². The van der Waals surface area contributed by atoms with Gasteiger partial charge in [-0.15, -0.1) is 0 Å². The van der Waals surface area contributed by atoms with Crippen LogP contribution in [0.2, 0.25) is 0 Å². The van der Waals surface area contributed by atoms with Crippen LogP contribution in [0, 0.1) is 11.8 Å². The van der Waals surface area contributed by atoms with Gasteiger partial charge in [0.2, 0.25) is 0 Å². The van der Waals surface area contributed by atoms with Crippen molar-refractivity contribution >= 4 is 5.97 Å². The topological polar surface area (TPSA) is 37.3 Å². The summed E-state index contributed by atoms with van der Waals surface area (Å²) in [5.41, 5.74) is 0.